The van der Waals surface area contributed by atoms with E-state index in [2.05, 4.69) is 10.3 Å². The summed E-state index contributed by atoms with van der Waals surface area (Å²) in [4.78, 5) is 14.7. The number of carbonyl (C=O) groups is 1. The molecule has 0 spiro atoms. The summed E-state index contributed by atoms with van der Waals surface area (Å²) in [6.07, 6.45) is -3.64. The maximum atomic E-state index is 12.3. The van der Waals surface area contributed by atoms with Gasteiger partial charge in [-0.05, 0) is 13.3 Å². The van der Waals surface area contributed by atoms with Crippen LogP contribution in [0, 0.1) is 0 Å². The van der Waals surface area contributed by atoms with Crippen LogP contribution in [0.2, 0.25) is 0 Å². The van der Waals surface area contributed by atoms with Crippen LogP contribution in [0.4, 0.5) is 13.2 Å². The highest BCUT2D eigenvalue weighted by atomic mass is 32.1. The molecule has 0 saturated heterocycles. The molecule has 1 amide bonds. The van der Waals surface area contributed by atoms with Gasteiger partial charge >= 0.3 is 6.18 Å². The van der Waals surface area contributed by atoms with Crippen molar-refractivity contribution in [1.82, 2.24) is 10.3 Å². The summed E-state index contributed by atoms with van der Waals surface area (Å²) in [5.74, 6) is -0.240. The molecule has 1 heterocycles. The number of amides is 1. The van der Waals surface area contributed by atoms with Crippen molar-refractivity contribution in [2.75, 3.05) is 0 Å². The summed E-state index contributed by atoms with van der Waals surface area (Å²) >= 11 is 0.872. The van der Waals surface area contributed by atoms with Gasteiger partial charge in [-0.1, -0.05) is 0 Å². The van der Waals surface area contributed by atoms with Gasteiger partial charge in [-0.2, -0.15) is 13.2 Å². The number of alkyl halides is 3. The number of nitrogens with zero attached hydrogens (tertiary/aromatic N) is 1. The number of rotatable bonds is 5. The first-order valence-electron chi connectivity index (χ1n) is 5.33. The zero-order valence-electron chi connectivity index (χ0n) is 9.75. The summed E-state index contributed by atoms with van der Waals surface area (Å²) in [7, 11) is 0. The van der Waals surface area contributed by atoms with Crippen LogP contribution in [-0.2, 0) is 17.5 Å². The molecule has 1 rings (SSSR count). The number of thiazole rings is 1. The Balaban J connectivity index is 2.40. The van der Waals surface area contributed by atoms with Crippen molar-refractivity contribution in [3.05, 3.63) is 16.1 Å². The molecule has 1 unspecified atom stereocenters. The van der Waals surface area contributed by atoms with E-state index in [0.717, 1.165) is 16.7 Å². The van der Waals surface area contributed by atoms with E-state index < -0.39 is 11.9 Å². The molecule has 1 aromatic rings. The molecule has 0 radical (unpaired) electrons. The summed E-state index contributed by atoms with van der Waals surface area (Å²) in [6, 6.07) is -0.0764. The predicted octanol–water partition coefficient (Wildman–Crippen LogP) is 1.91. The number of aromatic nitrogens is 1. The van der Waals surface area contributed by atoms with Crippen LogP contribution in [0.15, 0.2) is 5.38 Å². The standard InChI is InChI=1S/C10H14F3N3OS/c1-6(14)2-3-8(17)15-4-9-16-7(5-18-9)10(11,12)13/h5-6H,2-4,14H2,1H3,(H,15,17). The molecule has 0 aliphatic heterocycles. The van der Waals surface area contributed by atoms with Crippen LogP contribution in [0.25, 0.3) is 0 Å². The van der Waals surface area contributed by atoms with Gasteiger partial charge in [-0.3, -0.25) is 4.79 Å². The minimum atomic E-state index is -4.44. The Labute approximate surface area is 106 Å². The van der Waals surface area contributed by atoms with Crippen molar-refractivity contribution in [1.29, 1.82) is 0 Å². The maximum Gasteiger partial charge on any atom is 0.434 e. The zero-order valence-corrected chi connectivity index (χ0v) is 10.6. The Hall–Kier alpha value is -1.15. The smallest absolute Gasteiger partial charge is 0.350 e. The molecule has 18 heavy (non-hydrogen) atoms. The number of hydrogen-bond acceptors (Lipinski definition) is 4. The van der Waals surface area contributed by atoms with Crippen molar-refractivity contribution >= 4 is 17.2 Å². The van der Waals surface area contributed by atoms with Gasteiger partial charge in [0.1, 0.15) is 5.01 Å². The molecule has 0 bridgehead atoms. The minimum absolute atomic E-state index is 0.0124. The molecule has 1 atom stereocenters. The number of carbonyl (C=O) groups excluding carboxylic acids is 1. The molecule has 4 nitrogen and oxygen atoms in total. The molecule has 3 N–H and O–H groups in total. The lowest BCUT2D eigenvalue weighted by atomic mass is 10.2. The third-order valence-corrected chi connectivity index (χ3v) is 2.95. The molecule has 8 heteroatoms. The van der Waals surface area contributed by atoms with Crippen LogP contribution in [0.5, 0.6) is 0 Å². The fourth-order valence-corrected chi connectivity index (χ4v) is 1.88. The average molecular weight is 281 g/mol. The number of halogens is 3. The third-order valence-electron chi connectivity index (χ3n) is 2.11. The van der Waals surface area contributed by atoms with E-state index in [0.29, 0.717) is 6.42 Å². The van der Waals surface area contributed by atoms with Gasteiger partial charge in [0.2, 0.25) is 5.91 Å². The maximum absolute atomic E-state index is 12.3. The van der Waals surface area contributed by atoms with Gasteiger partial charge < -0.3 is 11.1 Å². The van der Waals surface area contributed by atoms with Gasteiger partial charge in [0.25, 0.3) is 0 Å². The Morgan fingerprint density at radius 2 is 2.28 bits per heavy atom. The number of nitrogens with two attached hydrogens (primary N) is 1. The second-order valence-electron chi connectivity index (χ2n) is 3.92. The first-order valence-corrected chi connectivity index (χ1v) is 6.21. The highest BCUT2D eigenvalue weighted by Gasteiger charge is 2.33. The van der Waals surface area contributed by atoms with E-state index in [1.54, 1.807) is 6.92 Å². The molecule has 102 valence electrons. The van der Waals surface area contributed by atoms with Crippen LogP contribution in [-0.4, -0.2) is 16.9 Å². The lowest BCUT2D eigenvalue weighted by molar-refractivity contribution is -0.140. The van der Waals surface area contributed by atoms with Gasteiger partial charge in [0, 0.05) is 17.8 Å². The molecular formula is C10H14F3N3OS. The van der Waals surface area contributed by atoms with Gasteiger partial charge in [-0.15, -0.1) is 11.3 Å². The quantitative estimate of drug-likeness (QED) is 0.866. The van der Waals surface area contributed by atoms with E-state index in [1.165, 1.54) is 0 Å². The van der Waals surface area contributed by atoms with E-state index in [4.69, 9.17) is 5.73 Å². The third kappa shape index (κ3) is 5.01. The van der Waals surface area contributed by atoms with Crippen LogP contribution < -0.4 is 11.1 Å². The lowest BCUT2D eigenvalue weighted by Crippen LogP contribution is -2.25. The van der Waals surface area contributed by atoms with E-state index in [9.17, 15) is 18.0 Å². The van der Waals surface area contributed by atoms with Crippen LogP contribution >= 0.6 is 11.3 Å². The second kappa shape index (κ2) is 6.14. The highest BCUT2D eigenvalue weighted by Crippen LogP contribution is 2.29. The predicted molar refractivity (Wildman–Crippen MR) is 61.8 cm³/mol. The molecule has 0 aliphatic rings. The van der Waals surface area contributed by atoms with E-state index >= 15 is 0 Å². The Morgan fingerprint density at radius 1 is 1.61 bits per heavy atom. The monoisotopic (exact) mass is 281 g/mol. The molecule has 0 fully saturated rings. The van der Waals surface area contributed by atoms with Crippen molar-refractivity contribution in [2.45, 2.75) is 38.5 Å². The summed E-state index contributed by atoms with van der Waals surface area (Å²) in [6.45, 7) is 1.79. The normalized spacial score (nSPS) is 13.4. The van der Waals surface area contributed by atoms with Gasteiger partial charge in [0.15, 0.2) is 5.69 Å². The average Bonchev–Trinajstić information content (AvgIpc) is 2.71. The summed E-state index contributed by atoms with van der Waals surface area (Å²) in [5.41, 5.74) is 4.56. The lowest BCUT2D eigenvalue weighted by Gasteiger charge is -2.05. The minimum Gasteiger partial charge on any atom is -0.350 e. The molecular weight excluding hydrogens is 267 g/mol. The highest BCUT2D eigenvalue weighted by molar-refractivity contribution is 7.09. The Bertz CT molecular complexity index is 403. The molecule has 1 aromatic heterocycles. The number of nitrogens with one attached hydrogen (secondary N) is 1. The first-order chi connectivity index (χ1) is 8.29. The van der Waals surface area contributed by atoms with Crippen molar-refractivity contribution in [2.24, 2.45) is 5.73 Å². The summed E-state index contributed by atoms with van der Waals surface area (Å²) in [5, 5.41) is 3.67. The molecule has 0 aromatic carbocycles. The van der Waals surface area contributed by atoms with Crippen molar-refractivity contribution in [3.8, 4) is 0 Å². The van der Waals surface area contributed by atoms with Gasteiger partial charge in [-0.25, -0.2) is 4.98 Å². The summed E-state index contributed by atoms with van der Waals surface area (Å²) < 4.78 is 36.8. The van der Waals surface area contributed by atoms with Gasteiger partial charge in [0.05, 0.1) is 6.54 Å². The van der Waals surface area contributed by atoms with Crippen molar-refractivity contribution < 1.29 is 18.0 Å². The fourth-order valence-electron chi connectivity index (χ4n) is 1.14. The van der Waals surface area contributed by atoms with Crippen molar-refractivity contribution in [3.63, 3.8) is 0 Å². The topological polar surface area (TPSA) is 68.0 Å². The second-order valence-corrected chi connectivity index (χ2v) is 4.86. The number of hydrogen-bond donors (Lipinski definition) is 2. The van der Waals surface area contributed by atoms with E-state index in [1.807, 2.05) is 0 Å². The molecule has 0 aliphatic carbocycles. The SMILES string of the molecule is CC(N)CCC(=O)NCc1nc(C(F)(F)F)cs1. The fraction of sp³-hybridized carbons (Fsp3) is 0.600. The Kier molecular flexibility index (Phi) is 5.09. The van der Waals surface area contributed by atoms with E-state index in [-0.39, 0.29) is 29.9 Å². The van der Waals surface area contributed by atoms with Crippen LogP contribution in [0.3, 0.4) is 0 Å². The van der Waals surface area contributed by atoms with Crippen LogP contribution in [0.1, 0.15) is 30.5 Å². The Morgan fingerprint density at radius 3 is 2.78 bits per heavy atom. The molecule has 0 saturated carbocycles. The zero-order chi connectivity index (χ0) is 13.8. The first kappa shape index (κ1) is 14.9. The largest absolute Gasteiger partial charge is 0.434 e.